The minimum absolute atomic E-state index is 0.0745. The molecule has 102 valence electrons. The number of benzene rings is 1. The van der Waals surface area contributed by atoms with Gasteiger partial charge in [0, 0.05) is 0 Å². The van der Waals surface area contributed by atoms with Crippen LogP contribution < -0.4 is 5.56 Å². The van der Waals surface area contributed by atoms with Crippen molar-refractivity contribution < 1.29 is 13.2 Å². The Labute approximate surface area is 109 Å². The van der Waals surface area contributed by atoms with Crippen LogP contribution in [0.5, 0.6) is 0 Å². The molecule has 0 amide bonds. The van der Waals surface area contributed by atoms with Crippen LogP contribution in [0.2, 0.25) is 0 Å². The largest absolute Gasteiger partial charge is 0.418 e. The van der Waals surface area contributed by atoms with Crippen molar-refractivity contribution in [3.63, 3.8) is 0 Å². The van der Waals surface area contributed by atoms with Crippen molar-refractivity contribution in [2.24, 2.45) is 0 Å². The van der Waals surface area contributed by atoms with Gasteiger partial charge in [-0.15, -0.1) is 0 Å². The lowest BCUT2D eigenvalue weighted by Crippen LogP contribution is -2.12. The molecule has 0 fully saturated rings. The summed E-state index contributed by atoms with van der Waals surface area (Å²) in [5.41, 5.74) is -1.39. The summed E-state index contributed by atoms with van der Waals surface area (Å²) in [7, 11) is 0. The van der Waals surface area contributed by atoms with Crippen LogP contribution in [0.4, 0.5) is 13.2 Å². The van der Waals surface area contributed by atoms with E-state index in [1.165, 1.54) is 24.4 Å². The van der Waals surface area contributed by atoms with Crippen molar-refractivity contribution >= 4 is 11.0 Å². The number of alkyl halides is 3. The number of hydrogen-bond donors (Lipinski definition) is 1. The Hall–Kier alpha value is -2.64. The zero-order valence-electron chi connectivity index (χ0n) is 9.85. The number of halogens is 3. The Morgan fingerprint density at radius 3 is 2.70 bits per heavy atom. The maximum absolute atomic E-state index is 13.0. The second-order valence-corrected chi connectivity index (χ2v) is 4.04. The first-order valence-corrected chi connectivity index (χ1v) is 5.56. The topological polar surface area (TPSA) is 63.6 Å². The molecule has 0 unspecified atom stereocenters. The van der Waals surface area contributed by atoms with Crippen LogP contribution in [0.3, 0.4) is 0 Å². The van der Waals surface area contributed by atoms with Crippen LogP contribution in [0, 0.1) is 0 Å². The molecule has 0 radical (unpaired) electrons. The number of rotatable bonds is 1. The average molecular weight is 280 g/mol. The number of fused-ring (bicyclic) bond motifs is 1. The summed E-state index contributed by atoms with van der Waals surface area (Å²) in [5.74, 6) is 0. The van der Waals surface area contributed by atoms with Gasteiger partial charge in [-0.3, -0.25) is 4.79 Å². The number of para-hydroxylation sites is 1. The zero-order chi connectivity index (χ0) is 14.3. The Balaban J connectivity index is 2.33. The summed E-state index contributed by atoms with van der Waals surface area (Å²) in [6.07, 6.45) is -2.20. The SMILES string of the molecule is O=c1[nH]cnc2c1cnn2-c1ccccc1C(F)(F)F. The van der Waals surface area contributed by atoms with Crippen LogP contribution in [-0.4, -0.2) is 19.7 Å². The fourth-order valence-corrected chi connectivity index (χ4v) is 1.93. The molecule has 1 N–H and O–H groups in total. The van der Waals surface area contributed by atoms with Gasteiger partial charge in [0.2, 0.25) is 0 Å². The van der Waals surface area contributed by atoms with Gasteiger partial charge in [0.1, 0.15) is 5.39 Å². The normalized spacial score (nSPS) is 11.9. The van der Waals surface area contributed by atoms with Crippen LogP contribution in [0.1, 0.15) is 5.56 Å². The van der Waals surface area contributed by atoms with Crippen LogP contribution in [0.15, 0.2) is 41.6 Å². The standard InChI is InChI=1S/C12H7F3N4O/c13-12(14,15)8-3-1-2-4-9(8)19-10-7(5-18-19)11(20)17-6-16-10/h1-6H,(H,16,17,20). The number of aromatic nitrogens is 4. The van der Waals surface area contributed by atoms with Crippen LogP contribution in [-0.2, 0) is 6.18 Å². The molecule has 1 aromatic carbocycles. The molecule has 0 atom stereocenters. The van der Waals surface area contributed by atoms with E-state index in [1.54, 1.807) is 0 Å². The highest BCUT2D eigenvalue weighted by Gasteiger charge is 2.34. The molecule has 0 saturated heterocycles. The monoisotopic (exact) mass is 280 g/mol. The molecule has 0 saturated carbocycles. The maximum Gasteiger partial charge on any atom is 0.418 e. The molecule has 20 heavy (non-hydrogen) atoms. The van der Waals surface area contributed by atoms with Crippen LogP contribution >= 0.6 is 0 Å². The molecule has 0 aliphatic carbocycles. The van der Waals surface area contributed by atoms with Gasteiger partial charge in [-0.2, -0.15) is 18.3 Å². The lowest BCUT2D eigenvalue weighted by atomic mass is 10.1. The predicted molar refractivity (Wildman–Crippen MR) is 64.5 cm³/mol. The molecule has 3 rings (SSSR count). The highest BCUT2D eigenvalue weighted by atomic mass is 19.4. The lowest BCUT2D eigenvalue weighted by Gasteiger charge is -2.12. The van der Waals surface area contributed by atoms with Gasteiger partial charge in [-0.25, -0.2) is 9.67 Å². The van der Waals surface area contributed by atoms with E-state index >= 15 is 0 Å². The van der Waals surface area contributed by atoms with E-state index in [2.05, 4.69) is 15.1 Å². The smallest absolute Gasteiger partial charge is 0.312 e. The summed E-state index contributed by atoms with van der Waals surface area (Å²) >= 11 is 0. The third-order valence-corrected chi connectivity index (χ3v) is 2.81. The van der Waals surface area contributed by atoms with E-state index in [4.69, 9.17) is 0 Å². The van der Waals surface area contributed by atoms with E-state index in [0.29, 0.717) is 0 Å². The third kappa shape index (κ3) is 1.85. The molecule has 0 aliphatic rings. The van der Waals surface area contributed by atoms with Gasteiger partial charge in [-0.05, 0) is 12.1 Å². The molecule has 0 bridgehead atoms. The molecule has 0 aliphatic heterocycles. The second kappa shape index (κ2) is 4.19. The van der Waals surface area contributed by atoms with Gasteiger partial charge in [0.25, 0.3) is 5.56 Å². The fraction of sp³-hybridized carbons (Fsp3) is 0.0833. The van der Waals surface area contributed by atoms with E-state index in [9.17, 15) is 18.0 Å². The highest BCUT2D eigenvalue weighted by Crippen LogP contribution is 2.33. The van der Waals surface area contributed by atoms with E-state index in [0.717, 1.165) is 17.1 Å². The molecule has 3 aromatic rings. The first kappa shape index (κ1) is 12.4. The Bertz CT molecular complexity index is 834. The van der Waals surface area contributed by atoms with Gasteiger partial charge >= 0.3 is 6.18 Å². The molecule has 2 heterocycles. The molecule has 2 aromatic heterocycles. The second-order valence-electron chi connectivity index (χ2n) is 4.04. The number of H-pyrrole nitrogens is 1. The zero-order valence-corrected chi connectivity index (χ0v) is 9.85. The van der Waals surface area contributed by atoms with Gasteiger partial charge in [0.05, 0.1) is 23.8 Å². The Morgan fingerprint density at radius 1 is 1.20 bits per heavy atom. The molecule has 8 heteroatoms. The van der Waals surface area contributed by atoms with Crippen LogP contribution in [0.25, 0.3) is 16.7 Å². The lowest BCUT2D eigenvalue weighted by molar-refractivity contribution is -0.137. The van der Waals surface area contributed by atoms with Crippen molar-refractivity contribution in [3.8, 4) is 5.69 Å². The maximum atomic E-state index is 13.0. The number of aromatic amines is 1. The fourth-order valence-electron chi connectivity index (χ4n) is 1.93. The predicted octanol–water partition coefficient (Wildman–Crippen LogP) is 2.13. The van der Waals surface area contributed by atoms with Crippen molar-refractivity contribution in [1.29, 1.82) is 0 Å². The van der Waals surface area contributed by atoms with Gasteiger partial charge < -0.3 is 4.98 Å². The summed E-state index contributed by atoms with van der Waals surface area (Å²) in [6, 6.07) is 4.98. The van der Waals surface area contributed by atoms with E-state index in [1.807, 2.05) is 0 Å². The molecule has 0 spiro atoms. The molecular formula is C12H7F3N4O. The van der Waals surface area contributed by atoms with Crippen molar-refractivity contribution in [2.45, 2.75) is 6.18 Å². The average Bonchev–Trinajstić information content (AvgIpc) is 2.83. The number of nitrogens with one attached hydrogen (secondary N) is 1. The van der Waals surface area contributed by atoms with Crippen molar-refractivity contribution in [2.75, 3.05) is 0 Å². The summed E-state index contributed by atoms with van der Waals surface area (Å²) in [6.45, 7) is 0. The quantitative estimate of drug-likeness (QED) is 0.742. The minimum Gasteiger partial charge on any atom is -0.312 e. The van der Waals surface area contributed by atoms with E-state index < -0.39 is 17.3 Å². The Morgan fingerprint density at radius 2 is 1.95 bits per heavy atom. The molecule has 5 nitrogen and oxygen atoms in total. The number of hydrogen-bond acceptors (Lipinski definition) is 3. The van der Waals surface area contributed by atoms with Crippen molar-refractivity contribution in [3.05, 3.63) is 52.7 Å². The van der Waals surface area contributed by atoms with E-state index in [-0.39, 0.29) is 16.7 Å². The summed E-state index contributed by atoms with van der Waals surface area (Å²) in [5, 5.41) is 3.96. The van der Waals surface area contributed by atoms with Gasteiger partial charge in [0.15, 0.2) is 5.65 Å². The number of nitrogens with zero attached hydrogens (tertiary/aromatic N) is 3. The molecular weight excluding hydrogens is 273 g/mol. The first-order chi connectivity index (χ1) is 9.48. The summed E-state index contributed by atoms with van der Waals surface area (Å²) < 4.78 is 40.0. The first-order valence-electron chi connectivity index (χ1n) is 5.56. The Kier molecular flexibility index (Phi) is 2.60. The highest BCUT2D eigenvalue weighted by molar-refractivity contribution is 5.75. The summed E-state index contributed by atoms with van der Waals surface area (Å²) in [4.78, 5) is 17.8. The van der Waals surface area contributed by atoms with Gasteiger partial charge in [-0.1, -0.05) is 12.1 Å². The third-order valence-electron chi connectivity index (χ3n) is 2.81. The van der Waals surface area contributed by atoms with Crippen molar-refractivity contribution in [1.82, 2.24) is 19.7 Å². The minimum atomic E-state index is -4.52.